The molecule has 0 aliphatic carbocycles. The molecule has 106 valence electrons. The van der Waals surface area contributed by atoms with Gasteiger partial charge >= 0.3 is 11.9 Å². The molecule has 2 rings (SSSR count). The van der Waals surface area contributed by atoms with Crippen molar-refractivity contribution < 1.29 is 28.6 Å². The van der Waals surface area contributed by atoms with Crippen molar-refractivity contribution in [1.29, 1.82) is 0 Å². The third-order valence-electron chi connectivity index (χ3n) is 3.14. The fraction of sp³-hybridized carbons (Fsp3) is 0.308. The maximum atomic E-state index is 13.3. The highest BCUT2D eigenvalue weighted by Crippen LogP contribution is 2.29. The molecule has 1 aliphatic heterocycles. The number of esters is 1. The van der Waals surface area contributed by atoms with Crippen molar-refractivity contribution in [2.24, 2.45) is 5.92 Å². The first-order valence-electron chi connectivity index (χ1n) is 5.85. The van der Waals surface area contributed by atoms with E-state index in [2.05, 4.69) is 4.74 Å². The third-order valence-corrected chi connectivity index (χ3v) is 3.14. The molecule has 7 heteroatoms. The van der Waals surface area contributed by atoms with Gasteiger partial charge in [0.25, 0.3) is 0 Å². The molecule has 0 aromatic heterocycles. The predicted octanol–water partition coefficient (Wildman–Crippen LogP) is 1.05. The Bertz CT molecular complexity index is 586. The van der Waals surface area contributed by atoms with Crippen LogP contribution in [0.2, 0.25) is 0 Å². The van der Waals surface area contributed by atoms with Gasteiger partial charge in [0, 0.05) is 13.0 Å². The Morgan fingerprint density at radius 1 is 1.45 bits per heavy atom. The smallest absolute Gasteiger partial charge is 0.337 e. The van der Waals surface area contributed by atoms with E-state index in [0.29, 0.717) is 0 Å². The van der Waals surface area contributed by atoms with E-state index in [9.17, 15) is 18.8 Å². The zero-order chi connectivity index (χ0) is 14.9. The van der Waals surface area contributed by atoms with E-state index in [-0.39, 0.29) is 24.2 Å². The number of benzene rings is 1. The van der Waals surface area contributed by atoms with Gasteiger partial charge < -0.3 is 14.7 Å². The number of carbonyl (C=O) groups excluding carboxylic acids is 2. The number of rotatable bonds is 3. The zero-order valence-corrected chi connectivity index (χ0v) is 10.6. The minimum absolute atomic E-state index is 0.0186. The highest BCUT2D eigenvalue weighted by molar-refractivity contribution is 6.04. The summed E-state index contributed by atoms with van der Waals surface area (Å²) in [4.78, 5) is 35.5. The largest absolute Gasteiger partial charge is 0.478 e. The van der Waals surface area contributed by atoms with Crippen LogP contribution in [0.5, 0.6) is 0 Å². The fourth-order valence-corrected chi connectivity index (χ4v) is 2.17. The molecule has 1 saturated heterocycles. The second-order valence-corrected chi connectivity index (χ2v) is 4.40. The van der Waals surface area contributed by atoms with E-state index in [1.165, 1.54) is 7.11 Å². The van der Waals surface area contributed by atoms with Gasteiger partial charge in [0.1, 0.15) is 5.82 Å². The third kappa shape index (κ3) is 2.47. The van der Waals surface area contributed by atoms with Crippen LogP contribution in [0, 0.1) is 11.7 Å². The summed E-state index contributed by atoms with van der Waals surface area (Å²) in [5.74, 6) is -3.58. The summed E-state index contributed by atoms with van der Waals surface area (Å²) in [7, 11) is 1.21. The molecule has 1 amide bonds. The molecular formula is C13H12FNO5. The van der Waals surface area contributed by atoms with Crippen LogP contribution < -0.4 is 4.90 Å². The second-order valence-electron chi connectivity index (χ2n) is 4.40. The lowest BCUT2D eigenvalue weighted by Gasteiger charge is -2.18. The topological polar surface area (TPSA) is 83.9 Å². The van der Waals surface area contributed by atoms with E-state index in [1.807, 2.05) is 0 Å². The van der Waals surface area contributed by atoms with Crippen molar-refractivity contribution in [2.75, 3.05) is 18.6 Å². The van der Waals surface area contributed by atoms with Gasteiger partial charge in [0.05, 0.1) is 24.3 Å². The van der Waals surface area contributed by atoms with Crippen LogP contribution in [-0.4, -0.2) is 36.6 Å². The van der Waals surface area contributed by atoms with Crippen LogP contribution in [0.3, 0.4) is 0 Å². The van der Waals surface area contributed by atoms with Gasteiger partial charge in [-0.25, -0.2) is 9.18 Å². The summed E-state index contributed by atoms with van der Waals surface area (Å²) in [6.07, 6.45) is -0.0811. The first-order chi connectivity index (χ1) is 9.43. The molecule has 1 heterocycles. The second kappa shape index (κ2) is 5.28. The molecule has 1 unspecified atom stereocenters. The quantitative estimate of drug-likeness (QED) is 0.837. The van der Waals surface area contributed by atoms with Gasteiger partial charge in [-0.2, -0.15) is 0 Å². The van der Waals surface area contributed by atoms with Gasteiger partial charge in [-0.3, -0.25) is 9.59 Å². The number of nitrogens with zero attached hydrogens (tertiary/aromatic N) is 1. The van der Waals surface area contributed by atoms with E-state index in [1.54, 1.807) is 0 Å². The predicted molar refractivity (Wildman–Crippen MR) is 65.8 cm³/mol. The fourth-order valence-electron chi connectivity index (χ4n) is 2.17. The van der Waals surface area contributed by atoms with Crippen molar-refractivity contribution >= 4 is 23.5 Å². The number of carbonyl (C=O) groups is 3. The zero-order valence-electron chi connectivity index (χ0n) is 10.6. The molecule has 0 saturated carbocycles. The maximum Gasteiger partial charge on any atom is 0.337 e. The Morgan fingerprint density at radius 2 is 2.15 bits per heavy atom. The van der Waals surface area contributed by atoms with Crippen molar-refractivity contribution in [1.82, 2.24) is 0 Å². The lowest BCUT2D eigenvalue weighted by atomic mass is 10.1. The van der Waals surface area contributed by atoms with Gasteiger partial charge in [0.2, 0.25) is 5.91 Å². The highest BCUT2D eigenvalue weighted by Gasteiger charge is 2.37. The molecule has 0 spiro atoms. The minimum Gasteiger partial charge on any atom is -0.478 e. The van der Waals surface area contributed by atoms with Crippen molar-refractivity contribution in [3.63, 3.8) is 0 Å². The average molecular weight is 281 g/mol. The number of ether oxygens (including phenoxy) is 1. The number of methoxy groups -OCH3 is 1. The van der Waals surface area contributed by atoms with E-state index in [4.69, 9.17) is 5.11 Å². The molecule has 1 aromatic carbocycles. The Kier molecular flexibility index (Phi) is 3.69. The van der Waals surface area contributed by atoms with Crippen LogP contribution in [0.4, 0.5) is 10.1 Å². The number of carboxylic acid groups (broad SMARTS) is 1. The SMILES string of the molecule is COC(=O)C1CC(=O)N(c2cc(F)ccc2C(=O)O)C1. The van der Waals surface area contributed by atoms with Crippen LogP contribution in [0.25, 0.3) is 0 Å². The Hall–Kier alpha value is -2.44. The summed E-state index contributed by atoms with van der Waals surface area (Å²) in [6.45, 7) is -0.0186. The van der Waals surface area contributed by atoms with Crippen LogP contribution in [0.1, 0.15) is 16.8 Å². The Morgan fingerprint density at radius 3 is 2.75 bits per heavy atom. The molecular weight excluding hydrogens is 269 g/mol. The molecule has 20 heavy (non-hydrogen) atoms. The number of amides is 1. The first-order valence-corrected chi connectivity index (χ1v) is 5.85. The lowest BCUT2D eigenvalue weighted by Crippen LogP contribution is -2.28. The van der Waals surface area contributed by atoms with Gasteiger partial charge in [-0.1, -0.05) is 0 Å². The monoisotopic (exact) mass is 281 g/mol. The van der Waals surface area contributed by atoms with E-state index >= 15 is 0 Å². The van der Waals surface area contributed by atoms with Crippen LogP contribution in [0.15, 0.2) is 18.2 Å². The van der Waals surface area contributed by atoms with Gasteiger partial charge in [0.15, 0.2) is 0 Å². The van der Waals surface area contributed by atoms with Gasteiger partial charge in [-0.05, 0) is 18.2 Å². The standard InChI is InChI=1S/C13H12FNO5/c1-20-13(19)7-4-11(16)15(6-7)10-5-8(14)2-3-9(10)12(17)18/h2-3,5,7H,4,6H2,1H3,(H,17,18). The molecule has 1 atom stereocenters. The summed E-state index contributed by atoms with van der Waals surface area (Å²) in [5.41, 5.74) is -0.237. The molecule has 1 aromatic rings. The van der Waals surface area contributed by atoms with Crippen molar-refractivity contribution in [3.05, 3.63) is 29.6 Å². The summed E-state index contributed by atoms with van der Waals surface area (Å²) in [5, 5.41) is 9.07. The highest BCUT2D eigenvalue weighted by atomic mass is 19.1. The van der Waals surface area contributed by atoms with Crippen molar-refractivity contribution in [3.8, 4) is 0 Å². The number of halogens is 1. The van der Waals surface area contributed by atoms with E-state index in [0.717, 1.165) is 23.1 Å². The Labute approximate surface area is 113 Å². The maximum absolute atomic E-state index is 13.3. The molecule has 1 aliphatic rings. The summed E-state index contributed by atoms with van der Waals surface area (Å²) >= 11 is 0. The minimum atomic E-state index is -1.27. The molecule has 6 nitrogen and oxygen atoms in total. The molecule has 1 N–H and O–H groups in total. The average Bonchev–Trinajstić information content (AvgIpc) is 2.79. The van der Waals surface area contributed by atoms with Crippen molar-refractivity contribution in [2.45, 2.75) is 6.42 Å². The number of carboxylic acids is 1. The normalized spacial score (nSPS) is 18.2. The molecule has 1 fully saturated rings. The summed E-state index contributed by atoms with van der Waals surface area (Å²) < 4.78 is 17.9. The van der Waals surface area contributed by atoms with Crippen LogP contribution >= 0.6 is 0 Å². The number of aromatic carboxylic acids is 1. The Balaban J connectivity index is 2.37. The number of hydrogen-bond donors (Lipinski definition) is 1. The van der Waals surface area contributed by atoms with Crippen LogP contribution in [-0.2, 0) is 14.3 Å². The van der Waals surface area contributed by atoms with Gasteiger partial charge in [-0.15, -0.1) is 0 Å². The first kappa shape index (κ1) is 14.0. The van der Waals surface area contributed by atoms with E-state index < -0.39 is 29.6 Å². The number of hydrogen-bond acceptors (Lipinski definition) is 4. The summed E-state index contributed by atoms with van der Waals surface area (Å²) in [6, 6.07) is 3.07. The number of anilines is 1. The lowest BCUT2D eigenvalue weighted by molar-refractivity contribution is -0.145. The molecule has 0 bridgehead atoms. The molecule has 0 radical (unpaired) electrons.